The van der Waals surface area contributed by atoms with E-state index in [0.29, 0.717) is 11.3 Å². The van der Waals surface area contributed by atoms with E-state index in [1.54, 1.807) is 18.2 Å². The number of hydrogen-bond donors (Lipinski definition) is 2. The SMILES string of the molecule is Cc1ccc(S(=O)(=O)O)c(-c2ccn[nH]2)c1. The van der Waals surface area contributed by atoms with Gasteiger partial charge in [-0.15, -0.1) is 0 Å². The van der Waals surface area contributed by atoms with Gasteiger partial charge in [-0.1, -0.05) is 11.6 Å². The van der Waals surface area contributed by atoms with Gasteiger partial charge in [0.05, 0.1) is 5.69 Å². The average Bonchev–Trinajstić information content (AvgIpc) is 2.68. The smallest absolute Gasteiger partial charge is 0.282 e. The van der Waals surface area contributed by atoms with Gasteiger partial charge in [0, 0.05) is 11.8 Å². The van der Waals surface area contributed by atoms with Crippen LogP contribution in [0.5, 0.6) is 0 Å². The molecule has 0 amide bonds. The maximum Gasteiger partial charge on any atom is 0.295 e. The van der Waals surface area contributed by atoms with Crippen LogP contribution in [0, 0.1) is 6.92 Å². The van der Waals surface area contributed by atoms with Crippen LogP contribution in [0.2, 0.25) is 0 Å². The molecular formula is C10H10N2O3S. The fourth-order valence-corrected chi connectivity index (χ4v) is 2.17. The molecule has 16 heavy (non-hydrogen) atoms. The zero-order valence-electron chi connectivity index (χ0n) is 8.51. The van der Waals surface area contributed by atoms with Gasteiger partial charge in [-0.25, -0.2) is 0 Å². The molecule has 5 nitrogen and oxygen atoms in total. The van der Waals surface area contributed by atoms with Gasteiger partial charge >= 0.3 is 0 Å². The molecular weight excluding hydrogens is 228 g/mol. The second-order valence-electron chi connectivity index (χ2n) is 3.44. The van der Waals surface area contributed by atoms with Crippen molar-refractivity contribution < 1.29 is 13.0 Å². The number of aryl methyl sites for hydroxylation is 1. The lowest BCUT2D eigenvalue weighted by molar-refractivity contribution is 0.483. The molecule has 0 radical (unpaired) electrons. The maximum atomic E-state index is 11.2. The quantitative estimate of drug-likeness (QED) is 0.779. The third-order valence-electron chi connectivity index (χ3n) is 2.20. The van der Waals surface area contributed by atoms with E-state index in [2.05, 4.69) is 10.2 Å². The minimum absolute atomic E-state index is 0.123. The Morgan fingerprint density at radius 1 is 1.31 bits per heavy atom. The van der Waals surface area contributed by atoms with E-state index >= 15 is 0 Å². The largest absolute Gasteiger partial charge is 0.295 e. The Labute approximate surface area is 92.9 Å². The first-order chi connectivity index (χ1) is 7.48. The summed E-state index contributed by atoms with van der Waals surface area (Å²) in [6.45, 7) is 1.84. The number of nitrogens with one attached hydrogen (secondary N) is 1. The predicted molar refractivity (Wildman–Crippen MR) is 58.6 cm³/mol. The van der Waals surface area contributed by atoms with Crippen molar-refractivity contribution in [1.29, 1.82) is 0 Å². The topological polar surface area (TPSA) is 83.1 Å². The van der Waals surface area contributed by atoms with E-state index in [9.17, 15) is 8.42 Å². The lowest BCUT2D eigenvalue weighted by Gasteiger charge is -2.05. The Kier molecular flexibility index (Phi) is 2.53. The fourth-order valence-electron chi connectivity index (χ4n) is 1.49. The number of aromatic amines is 1. The number of nitrogens with zero attached hydrogens (tertiary/aromatic N) is 1. The minimum atomic E-state index is -4.22. The van der Waals surface area contributed by atoms with Crippen LogP contribution in [0.3, 0.4) is 0 Å². The molecule has 0 unspecified atom stereocenters. The normalized spacial score (nSPS) is 11.6. The van der Waals surface area contributed by atoms with Gasteiger partial charge in [0.2, 0.25) is 0 Å². The van der Waals surface area contributed by atoms with Gasteiger partial charge in [-0.2, -0.15) is 13.5 Å². The number of H-pyrrole nitrogens is 1. The molecule has 2 rings (SSSR count). The first kappa shape index (κ1) is 10.8. The van der Waals surface area contributed by atoms with Gasteiger partial charge in [-0.05, 0) is 25.1 Å². The Hall–Kier alpha value is -1.66. The first-order valence-corrected chi connectivity index (χ1v) is 6.00. The van der Waals surface area contributed by atoms with Gasteiger partial charge < -0.3 is 0 Å². The molecule has 0 aliphatic rings. The summed E-state index contributed by atoms with van der Waals surface area (Å²) < 4.78 is 31.5. The molecule has 1 aromatic heterocycles. The number of rotatable bonds is 2. The monoisotopic (exact) mass is 238 g/mol. The van der Waals surface area contributed by atoms with E-state index in [1.165, 1.54) is 12.3 Å². The summed E-state index contributed by atoms with van der Waals surface area (Å²) in [5.74, 6) is 0. The summed E-state index contributed by atoms with van der Waals surface area (Å²) >= 11 is 0. The molecule has 6 heteroatoms. The van der Waals surface area contributed by atoms with E-state index in [-0.39, 0.29) is 4.90 Å². The van der Waals surface area contributed by atoms with Crippen LogP contribution in [0.1, 0.15) is 5.56 Å². The Morgan fingerprint density at radius 3 is 2.62 bits per heavy atom. The van der Waals surface area contributed by atoms with E-state index in [4.69, 9.17) is 4.55 Å². The highest BCUT2D eigenvalue weighted by Gasteiger charge is 2.17. The van der Waals surface area contributed by atoms with E-state index < -0.39 is 10.1 Å². The van der Waals surface area contributed by atoms with Crippen LogP contribution < -0.4 is 0 Å². The van der Waals surface area contributed by atoms with Gasteiger partial charge in [0.25, 0.3) is 10.1 Å². The molecule has 2 N–H and O–H groups in total. The standard InChI is InChI=1S/C10H10N2O3S/c1-7-2-3-10(16(13,14)15)8(6-7)9-4-5-11-12-9/h2-6H,1H3,(H,11,12)(H,13,14,15). The number of aromatic nitrogens is 2. The maximum absolute atomic E-state index is 11.2. The summed E-state index contributed by atoms with van der Waals surface area (Å²) in [6, 6.07) is 6.32. The Bertz CT molecular complexity index is 603. The van der Waals surface area contributed by atoms with Crippen molar-refractivity contribution in [2.45, 2.75) is 11.8 Å². The summed E-state index contributed by atoms with van der Waals surface area (Å²) in [5, 5.41) is 6.42. The van der Waals surface area contributed by atoms with Crippen molar-refractivity contribution in [3.8, 4) is 11.3 Å². The lowest BCUT2D eigenvalue weighted by atomic mass is 10.1. The third kappa shape index (κ3) is 1.98. The van der Waals surface area contributed by atoms with Crippen molar-refractivity contribution in [3.05, 3.63) is 36.0 Å². The molecule has 0 saturated heterocycles. The van der Waals surface area contributed by atoms with Crippen LogP contribution in [-0.2, 0) is 10.1 Å². The Balaban J connectivity index is 2.73. The highest BCUT2D eigenvalue weighted by atomic mass is 32.2. The van der Waals surface area contributed by atoms with E-state index in [1.807, 2.05) is 6.92 Å². The summed E-state index contributed by atoms with van der Waals surface area (Å²) in [7, 11) is -4.22. The zero-order chi connectivity index (χ0) is 11.8. The van der Waals surface area contributed by atoms with Crippen molar-refractivity contribution in [2.75, 3.05) is 0 Å². The third-order valence-corrected chi connectivity index (χ3v) is 3.12. The molecule has 0 atom stereocenters. The van der Waals surface area contributed by atoms with E-state index in [0.717, 1.165) is 5.56 Å². The first-order valence-electron chi connectivity index (χ1n) is 4.56. The second kappa shape index (κ2) is 3.73. The molecule has 1 aromatic carbocycles. The highest BCUT2D eigenvalue weighted by molar-refractivity contribution is 7.86. The van der Waals surface area contributed by atoms with Crippen LogP contribution in [0.4, 0.5) is 0 Å². The zero-order valence-corrected chi connectivity index (χ0v) is 9.32. The molecule has 0 bridgehead atoms. The van der Waals surface area contributed by atoms with Crippen molar-refractivity contribution in [1.82, 2.24) is 10.2 Å². The van der Waals surface area contributed by atoms with Gasteiger partial charge in [-0.3, -0.25) is 9.65 Å². The number of benzene rings is 1. The molecule has 2 aromatic rings. The molecule has 0 saturated carbocycles. The summed E-state index contributed by atoms with van der Waals surface area (Å²) in [6.07, 6.45) is 1.52. The van der Waals surface area contributed by atoms with Crippen LogP contribution in [0.15, 0.2) is 35.4 Å². The van der Waals surface area contributed by atoms with Crippen molar-refractivity contribution >= 4 is 10.1 Å². The van der Waals surface area contributed by atoms with Crippen molar-refractivity contribution in [3.63, 3.8) is 0 Å². The summed E-state index contributed by atoms with van der Waals surface area (Å²) in [4.78, 5) is -0.123. The average molecular weight is 238 g/mol. The van der Waals surface area contributed by atoms with Gasteiger partial charge in [0.1, 0.15) is 4.90 Å². The second-order valence-corrected chi connectivity index (χ2v) is 4.83. The van der Waals surface area contributed by atoms with Crippen LogP contribution in [0.25, 0.3) is 11.3 Å². The molecule has 0 aliphatic heterocycles. The molecule has 0 fully saturated rings. The molecule has 84 valence electrons. The fraction of sp³-hybridized carbons (Fsp3) is 0.100. The Morgan fingerprint density at radius 2 is 2.06 bits per heavy atom. The predicted octanol–water partition coefficient (Wildman–Crippen LogP) is 1.63. The van der Waals surface area contributed by atoms with Crippen LogP contribution >= 0.6 is 0 Å². The van der Waals surface area contributed by atoms with Gasteiger partial charge in [0.15, 0.2) is 0 Å². The van der Waals surface area contributed by atoms with Crippen molar-refractivity contribution in [2.24, 2.45) is 0 Å². The number of hydrogen-bond acceptors (Lipinski definition) is 3. The van der Waals surface area contributed by atoms with Crippen LogP contribution in [-0.4, -0.2) is 23.2 Å². The minimum Gasteiger partial charge on any atom is -0.282 e. The summed E-state index contributed by atoms with van der Waals surface area (Å²) in [5.41, 5.74) is 1.87. The highest BCUT2D eigenvalue weighted by Crippen LogP contribution is 2.26. The lowest BCUT2D eigenvalue weighted by Crippen LogP contribution is -2.01. The molecule has 0 spiro atoms. The molecule has 0 aliphatic carbocycles. The molecule has 1 heterocycles.